The summed E-state index contributed by atoms with van der Waals surface area (Å²) in [5.74, 6) is -0.218. The van der Waals surface area contributed by atoms with Gasteiger partial charge >= 0.3 is 0 Å². The quantitative estimate of drug-likeness (QED) is 0.764. The predicted molar refractivity (Wildman–Crippen MR) is 50.0 cm³/mol. The molecule has 0 heterocycles. The summed E-state index contributed by atoms with van der Waals surface area (Å²) in [7, 11) is 1.62. The van der Waals surface area contributed by atoms with Gasteiger partial charge in [-0.05, 0) is 24.1 Å². The smallest absolute Gasteiger partial charge is 0.123 e. The van der Waals surface area contributed by atoms with E-state index in [9.17, 15) is 4.39 Å². The highest BCUT2D eigenvalue weighted by Crippen LogP contribution is 2.04. The van der Waals surface area contributed by atoms with E-state index in [1.54, 1.807) is 19.2 Å². The van der Waals surface area contributed by atoms with Crippen LogP contribution >= 0.6 is 0 Å². The molecule has 0 aromatic heterocycles. The van der Waals surface area contributed by atoms with Crippen LogP contribution in [0.1, 0.15) is 5.56 Å². The Morgan fingerprint density at radius 1 is 1.38 bits per heavy atom. The first kappa shape index (κ1) is 10.2. The molecule has 1 unspecified atom stereocenters. The fourth-order valence-electron chi connectivity index (χ4n) is 1.20. The van der Waals surface area contributed by atoms with Crippen molar-refractivity contribution in [3.63, 3.8) is 0 Å². The summed E-state index contributed by atoms with van der Waals surface area (Å²) >= 11 is 0. The fraction of sp³-hybridized carbons (Fsp3) is 0.400. The van der Waals surface area contributed by atoms with E-state index in [1.165, 1.54) is 12.1 Å². The molecule has 0 saturated heterocycles. The van der Waals surface area contributed by atoms with E-state index in [0.29, 0.717) is 13.0 Å². The Morgan fingerprint density at radius 3 is 2.54 bits per heavy atom. The van der Waals surface area contributed by atoms with E-state index in [1.807, 2.05) is 0 Å². The molecule has 0 aliphatic carbocycles. The van der Waals surface area contributed by atoms with Gasteiger partial charge in [-0.25, -0.2) is 4.39 Å². The first-order valence-electron chi connectivity index (χ1n) is 4.21. The second-order valence-electron chi connectivity index (χ2n) is 3.05. The zero-order chi connectivity index (χ0) is 9.68. The lowest BCUT2D eigenvalue weighted by Gasteiger charge is -2.09. The third kappa shape index (κ3) is 3.53. The topological polar surface area (TPSA) is 35.2 Å². The summed E-state index contributed by atoms with van der Waals surface area (Å²) in [5, 5.41) is 0. The molecule has 1 aromatic carbocycles. The fourth-order valence-corrected chi connectivity index (χ4v) is 1.20. The Bertz CT molecular complexity index is 248. The Hall–Kier alpha value is -0.930. The number of halogens is 1. The highest BCUT2D eigenvalue weighted by molar-refractivity contribution is 5.17. The normalized spacial score (nSPS) is 12.8. The van der Waals surface area contributed by atoms with Crippen molar-refractivity contribution in [2.75, 3.05) is 13.7 Å². The number of nitrogens with two attached hydrogens (primary N) is 1. The van der Waals surface area contributed by atoms with Crippen molar-refractivity contribution < 1.29 is 9.13 Å². The van der Waals surface area contributed by atoms with E-state index >= 15 is 0 Å². The van der Waals surface area contributed by atoms with Gasteiger partial charge < -0.3 is 10.5 Å². The molecule has 0 radical (unpaired) electrons. The first-order chi connectivity index (χ1) is 6.22. The van der Waals surface area contributed by atoms with Crippen molar-refractivity contribution in [2.45, 2.75) is 12.5 Å². The molecule has 0 bridgehead atoms. The van der Waals surface area contributed by atoms with Gasteiger partial charge in [0.05, 0.1) is 6.61 Å². The lowest BCUT2D eigenvalue weighted by atomic mass is 10.1. The zero-order valence-corrected chi connectivity index (χ0v) is 7.66. The summed E-state index contributed by atoms with van der Waals surface area (Å²) in [6.07, 6.45) is 0.716. The van der Waals surface area contributed by atoms with Crippen LogP contribution in [0.4, 0.5) is 4.39 Å². The van der Waals surface area contributed by atoms with Crippen LogP contribution in [-0.2, 0) is 11.2 Å². The second-order valence-corrected chi connectivity index (χ2v) is 3.05. The number of benzene rings is 1. The Labute approximate surface area is 77.5 Å². The molecule has 2 nitrogen and oxygen atoms in total. The summed E-state index contributed by atoms with van der Waals surface area (Å²) < 4.78 is 17.4. The molecule has 2 N–H and O–H groups in total. The van der Waals surface area contributed by atoms with Gasteiger partial charge in [-0.1, -0.05) is 12.1 Å². The molecule has 1 aromatic rings. The number of methoxy groups -OCH3 is 1. The zero-order valence-electron chi connectivity index (χ0n) is 7.66. The summed E-state index contributed by atoms with van der Waals surface area (Å²) in [5.41, 5.74) is 6.77. The third-order valence-electron chi connectivity index (χ3n) is 1.79. The standard InChI is InChI=1S/C10H14FNO/c1-13-7-10(12)6-8-2-4-9(11)5-3-8/h2-5,10H,6-7,12H2,1H3. The van der Waals surface area contributed by atoms with Crippen LogP contribution < -0.4 is 5.73 Å². The summed E-state index contributed by atoms with van der Waals surface area (Å²) in [4.78, 5) is 0. The number of hydrogen-bond acceptors (Lipinski definition) is 2. The van der Waals surface area contributed by atoms with Crippen molar-refractivity contribution in [1.29, 1.82) is 0 Å². The molecule has 0 saturated carbocycles. The molecule has 0 amide bonds. The van der Waals surface area contributed by atoms with Crippen molar-refractivity contribution in [2.24, 2.45) is 5.73 Å². The van der Waals surface area contributed by atoms with Crippen LogP contribution in [-0.4, -0.2) is 19.8 Å². The Morgan fingerprint density at radius 2 is 2.00 bits per heavy atom. The van der Waals surface area contributed by atoms with Crippen molar-refractivity contribution in [1.82, 2.24) is 0 Å². The maximum atomic E-state index is 12.5. The van der Waals surface area contributed by atoms with E-state index in [-0.39, 0.29) is 11.9 Å². The highest BCUT2D eigenvalue weighted by atomic mass is 19.1. The van der Waals surface area contributed by atoms with Crippen molar-refractivity contribution in [3.05, 3.63) is 35.6 Å². The number of ether oxygens (including phenoxy) is 1. The molecule has 13 heavy (non-hydrogen) atoms. The van der Waals surface area contributed by atoms with Crippen LogP contribution in [0, 0.1) is 5.82 Å². The maximum Gasteiger partial charge on any atom is 0.123 e. The average molecular weight is 183 g/mol. The Balaban J connectivity index is 2.49. The lowest BCUT2D eigenvalue weighted by molar-refractivity contribution is 0.180. The largest absolute Gasteiger partial charge is 0.383 e. The molecular formula is C10H14FNO. The van der Waals surface area contributed by atoms with Crippen LogP contribution in [0.3, 0.4) is 0 Å². The minimum absolute atomic E-state index is 0.0181. The molecule has 0 fully saturated rings. The molecule has 0 spiro atoms. The van der Waals surface area contributed by atoms with Crippen molar-refractivity contribution >= 4 is 0 Å². The summed E-state index contributed by atoms with van der Waals surface area (Å²) in [6, 6.07) is 6.34. The summed E-state index contributed by atoms with van der Waals surface area (Å²) in [6.45, 7) is 0.525. The molecule has 0 aliphatic heterocycles. The van der Waals surface area contributed by atoms with Gasteiger partial charge in [-0.3, -0.25) is 0 Å². The molecule has 3 heteroatoms. The minimum atomic E-state index is -0.218. The lowest BCUT2D eigenvalue weighted by Crippen LogP contribution is -2.27. The highest BCUT2D eigenvalue weighted by Gasteiger charge is 2.02. The molecule has 0 aliphatic rings. The van der Waals surface area contributed by atoms with E-state index in [4.69, 9.17) is 10.5 Å². The van der Waals surface area contributed by atoms with Gasteiger partial charge in [-0.15, -0.1) is 0 Å². The van der Waals surface area contributed by atoms with Crippen molar-refractivity contribution in [3.8, 4) is 0 Å². The van der Waals surface area contributed by atoms with Crippen LogP contribution in [0.5, 0.6) is 0 Å². The van der Waals surface area contributed by atoms with Gasteiger partial charge in [0, 0.05) is 13.2 Å². The van der Waals surface area contributed by atoms with Crippen LogP contribution in [0.25, 0.3) is 0 Å². The molecule has 72 valence electrons. The van der Waals surface area contributed by atoms with Gasteiger partial charge in [-0.2, -0.15) is 0 Å². The van der Waals surface area contributed by atoms with Crippen LogP contribution in [0.15, 0.2) is 24.3 Å². The van der Waals surface area contributed by atoms with Gasteiger partial charge in [0.1, 0.15) is 5.82 Å². The SMILES string of the molecule is COCC(N)Cc1ccc(F)cc1. The molecule has 1 rings (SSSR count). The van der Waals surface area contributed by atoms with E-state index in [2.05, 4.69) is 0 Å². The first-order valence-corrected chi connectivity index (χ1v) is 4.21. The molecule has 1 atom stereocenters. The predicted octanol–water partition coefficient (Wildman–Crippen LogP) is 1.34. The number of hydrogen-bond donors (Lipinski definition) is 1. The Kier molecular flexibility index (Phi) is 3.86. The minimum Gasteiger partial charge on any atom is -0.383 e. The van der Waals surface area contributed by atoms with Gasteiger partial charge in [0.2, 0.25) is 0 Å². The van der Waals surface area contributed by atoms with Gasteiger partial charge in [0.15, 0.2) is 0 Å². The van der Waals surface area contributed by atoms with Crippen LogP contribution in [0.2, 0.25) is 0 Å². The number of rotatable bonds is 4. The second kappa shape index (κ2) is 4.94. The van der Waals surface area contributed by atoms with E-state index < -0.39 is 0 Å². The average Bonchev–Trinajstić information content (AvgIpc) is 2.09. The molecular weight excluding hydrogens is 169 g/mol. The third-order valence-corrected chi connectivity index (χ3v) is 1.79. The monoisotopic (exact) mass is 183 g/mol. The maximum absolute atomic E-state index is 12.5. The van der Waals surface area contributed by atoms with Gasteiger partial charge in [0.25, 0.3) is 0 Å². The van der Waals surface area contributed by atoms with E-state index in [0.717, 1.165) is 5.56 Å².